The lowest BCUT2D eigenvalue weighted by molar-refractivity contribution is -0.141. The lowest BCUT2D eigenvalue weighted by atomic mass is 9.89. The highest BCUT2D eigenvalue weighted by Crippen LogP contribution is 2.25. The Balaban J connectivity index is 2.37. The average molecular weight is 252 g/mol. The minimum atomic E-state index is -0.573. The smallest absolute Gasteiger partial charge is 0.237 e. The van der Waals surface area contributed by atoms with Crippen LogP contribution in [0.15, 0.2) is 25.3 Å². The molecule has 0 radical (unpaired) electrons. The third-order valence-electron chi connectivity index (χ3n) is 3.16. The molecule has 4 nitrogen and oxygen atoms in total. The molecule has 0 saturated carbocycles. The molecule has 1 rings (SSSR count). The minimum Gasteiger partial charge on any atom is -0.387 e. The molecule has 18 heavy (non-hydrogen) atoms. The van der Waals surface area contributed by atoms with Crippen LogP contribution in [-0.4, -0.2) is 59.1 Å². The average Bonchev–Trinajstić information content (AvgIpc) is 2.27. The highest BCUT2D eigenvalue weighted by atomic mass is 16.3. The van der Waals surface area contributed by atoms with Crippen molar-refractivity contribution in [3.8, 4) is 0 Å². The first-order valence-electron chi connectivity index (χ1n) is 6.49. The molecule has 102 valence electrons. The van der Waals surface area contributed by atoms with E-state index >= 15 is 0 Å². The van der Waals surface area contributed by atoms with Gasteiger partial charge in [-0.15, -0.1) is 13.2 Å². The van der Waals surface area contributed by atoms with Crippen molar-refractivity contribution < 1.29 is 9.90 Å². The normalized spacial score (nSPS) is 17.9. The lowest BCUT2D eigenvalue weighted by Gasteiger charge is -2.46. The molecule has 0 bridgehead atoms. The Morgan fingerprint density at radius 2 is 1.94 bits per heavy atom. The second-order valence-corrected chi connectivity index (χ2v) is 5.00. The maximum Gasteiger partial charge on any atom is 0.237 e. The van der Waals surface area contributed by atoms with Gasteiger partial charge in [0.25, 0.3) is 0 Å². The second-order valence-electron chi connectivity index (χ2n) is 5.00. The van der Waals surface area contributed by atoms with Crippen LogP contribution in [0.2, 0.25) is 0 Å². The first-order chi connectivity index (χ1) is 8.54. The number of carbonyl (C=O) groups excluding carboxylic acids is 1. The zero-order valence-electron chi connectivity index (χ0n) is 11.3. The van der Waals surface area contributed by atoms with Crippen molar-refractivity contribution in [2.24, 2.45) is 0 Å². The molecule has 0 aliphatic carbocycles. The number of hydrogen-bond acceptors (Lipinski definition) is 3. The number of amides is 1. The highest BCUT2D eigenvalue weighted by Gasteiger charge is 2.40. The van der Waals surface area contributed by atoms with E-state index in [2.05, 4.69) is 20.1 Å². The van der Waals surface area contributed by atoms with Crippen molar-refractivity contribution in [1.29, 1.82) is 0 Å². The van der Waals surface area contributed by atoms with Gasteiger partial charge in [0, 0.05) is 26.2 Å². The Kier molecular flexibility index (Phi) is 5.56. The third kappa shape index (κ3) is 3.96. The minimum absolute atomic E-state index is 0.0633. The molecule has 1 heterocycles. The quantitative estimate of drug-likeness (QED) is 0.656. The van der Waals surface area contributed by atoms with Crippen LogP contribution in [0.4, 0.5) is 0 Å². The van der Waals surface area contributed by atoms with Crippen LogP contribution in [-0.2, 0) is 4.79 Å². The van der Waals surface area contributed by atoms with Gasteiger partial charge in [0.15, 0.2) is 0 Å². The lowest BCUT2D eigenvalue weighted by Crippen LogP contribution is -2.63. The first-order valence-corrected chi connectivity index (χ1v) is 6.49. The third-order valence-corrected chi connectivity index (χ3v) is 3.16. The van der Waals surface area contributed by atoms with Crippen LogP contribution >= 0.6 is 0 Å². The van der Waals surface area contributed by atoms with Gasteiger partial charge in [0.1, 0.15) is 0 Å². The van der Waals surface area contributed by atoms with Crippen LogP contribution in [0, 0.1) is 0 Å². The van der Waals surface area contributed by atoms with E-state index in [-0.39, 0.29) is 5.91 Å². The first kappa shape index (κ1) is 14.9. The van der Waals surface area contributed by atoms with Gasteiger partial charge in [0.2, 0.25) is 5.91 Å². The molecular formula is C14H24N2O2. The Hall–Kier alpha value is -1.13. The number of likely N-dealkylation sites (tertiary alicyclic amines) is 1. The van der Waals surface area contributed by atoms with Crippen molar-refractivity contribution in [2.45, 2.75) is 25.4 Å². The van der Waals surface area contributed by atoms with E-state index in [1.807, 2.05) is 4.90 Å². The predicted octanol–water partition coefficient (Wildman–Crippen LogP) is 1.03. The molecule has 4 heteroatoms. The van der Waals surface area contributed by atoms with Gasteiger partial charge in [-0.2, -0.15) is 0 Å². The Morgan fingerprint density at radius 1 is 1.39 bits per heavy atom. The molecule has 0 aromatic carbocycles. The summed E-state index contributed by atoms with van der Waals surface area (Å²) in [6.07, 6.45) is 5.20. The number of rotatable bonds is 8. The summed E-state index contributed by atoms with van der Waals surface area (Å²) in [5, 5.41) is 10.0. The summed E-state index contributed by atoms with van der Waals surface area (Å²) >= 11 is 0. The fraction of sp³-hybridized carbons (Fsp3) is 0.643. The number of β-amino-alcohol motifs (C(OH)–C–C–N with tert-alkyl or cyclic N) is 1. The van der Waals surface area contributed by atoms with Gasteiger partial charge >= 0.3 is 0 Å². The van der Waals surface area contributed by atoms with Crippen molar-refractivity contribution in [1.82, 2.24) is 9.80 Å². The number of hydrogen-bond donors (Lipinski definition) is 1. The Bertz CT molecular complexity index is 299. The largest absolute Gasteiger partial charge is 0.387 e. The molecule has 1 saturated heterocycles. The summed E-state index contributed by atoms with van der Waals surface area (Å²) in [5.41, 5.74) is -0.573. The topological polar surface area (TPSA) is 43.8 Å². The Labute approximate surface area is 110 Å². The van der Waals surface area contributed by atoms with Gasteiger partial charge < -0.3 is 10.0 Å². The second kappa shape index (κ2) is 6.71. The summed E-state index contributed by atoms with van der Waals surface area (Å²) in [7, 11) is 0. The van der Waals surface area contributed by atoms with Gasteiger partial charge in [-0.1, -0.05) is 25.5 Å². The maximum absolute atomic E-state index is 12.0. The molecule has 0 aromatic rings. The van der Waals surface area contributed by atoms with Crippen LogP contribution in [0.3, 0.4) is 0 Å². The van der Waals surface area contributed by atoms with Crippen molar-refractivity contribution in [3.05, 3.63) is 25.3 Å². The SMILES string of the molecule is C=CCN(CC=C)C(=O)CN1CC(O)(CCC)C1. The standard InChI is InChI=1S/C14H24N2O2/c1-4-7-14(18)11-15(12-14)10-13(17)16(8-5-2)9-6-3/h5-6,18H,2-4,7-12H2,1H3. The fourth-order valence-corrected chi connectivity index (χ4v) is 2.40. The molecule has 0 spiro atoms. The van der Waals surface area contributed by atoms with E-state index in [0.717, 1.165) is 12.8 Å². The van der Waals surface area contributed by atoms with Crippen LogP contribution in [0.25, 0.3) is 0 Å². The molecule has 0 aromatic heterocycles. The molecule has 1 amide bonds. The van der Waals surface area contributed by atoms with E-state index in [1.165, 1.54) is 0 Å². The zero-order valence-corrected chi connectivity index (χ0v) is 11.3. The number of carbonyl (C=O) groups is 1. The maximum atomic E-state index is 12.0. The van der Waals surface area contributed by atoms with Crippen LogP contribution in [0.1, 0.15) is 19.8 Å². The molecule has 1 fully saturated rings. The van der Waals surface area contributed by atoms with Gasteiger partial charge in [0.05, 0.1) is 12.1 Å². The Morgan fingerprint density at radius 3 is 2.39 bits per heavy atom. The monoisotopic (exact) mass is 252 g/mol. The fourth-order valence-electron chi connectivity index (χ4n) is 2.40. The van der Waals surface area contributed by atoms with E-state index in [9.17, 15) is 9.90 Å². The number of nitrogens with zero attached hydrogens (tertiary/aromatic N) is 2. The highest BCUT2D eigenvalue weighted by molar-refractivity contribution is 5.78. The molecular weight excluding hydrogens is 228 g/mol. The van der Waals surface area contributed by atoms with E-state index < -0.39 is 5.60 Å². The predicted molar refractivity (Wildman–Crippen MR) is 73.3 cm³/mol. The molecule has 1 N–H and O–H groups in total. The van der Waals surface area contributed by atoms with Gasteiger partial charge in [-0.25, -0.2) is 0 Å². The van der Waals surface area contributed by atoms with Gasteiger partial charge in [-0.05, 0) is 6.42 Å². The van der Waals surface area contributed by atoms with Crippen molar-refractivity contribution in [3.63, 3.8) is 0 Å². The molecule has 1 aliphatic heterocycles. The number of aliphatic hydroxyl groups is 1. The van der Waals surface area contributed by atoms with E-state index in [4.69, 9.17) is 0 Å². The summed E-state index contributed by atoms with van der Waals surface area (Å²) in [4.78, 5) is 15.7. The molecule has 0 atom stereocenters. The van der Waals surface area contributed by atoms with E-state index in [0.29, 0.717) is 32.7 Å². The summed E-state index contributed by atoms with van der Waals surface area (Å²) in [6.45, 7) is 12.0. The molecule has 0 unspecified atom stereocenters. The van der Waals surface area contributed by atoms with E-state index in [1.54, 1.807) is 17.1 Å². The van der Waals surface area contributed by atoms with Crippen LogP contribution < -0.4 is 0 Å². The zero-order chi connectivity index (χ0) is 13.6. The van der Waals surface area contributed by atoms with Crippen molar-refractivity contribution >= 4 is 5.91 Å². The van der Waals surface area contributed by atoms with Crippen LogP contribution in [0.5, 0.6) is 0 Å². The van der Waals surface area contributed by atoms with Crippen molar-refractivity contribution in [2.75, 3.05) is 32.7 Å². The van der Waals surface area contributed by atoms with Gasteiger partial charge in [-0.3, -0.25) is 9.69 Å². The summed E-state index contributed by atoms with van der Waals surface area (Å²) in [5.74, 6) is 0.0633. The molecule has 1 aliphatic rings. The summed E-state index contributed by atoms with van der Waals surface area (Å²) in [6, 6.07) is 0. The summed E-state index contributed by atoms with van der Waals surface area (Å²) < 4.78 is 0.